The third-order valence-electron chi connectivity index (χ3n) is 4.72. The quantitative estimate of drug-likeness (QED) is 0.495. The van der Waals surface area contributed by atoms with Crippen LogP contribution in [-0.2, 0) is 21.4 Å². The van der Waals surface area contributed by atoms with E-state index in [1.807, 2.05) is 38.1 Å². The summed E-state index contributed by atoms with van der Waals surface area (Å²) in [5.74, 6) is 0.251. The zero-order valence-electron chi connectivity index (χ0n) is 17.9. The Bertz CT molecular complexity index is 1180. The molecule has 0 radical (unpaired) electrons. The lowest BCUT2D eigenvalue weighted by atomic mass is 10.2. The van der Waals surface area contributed by atoms with Gasteiger partial charge in [0.1, 0.15) is 12.3 Å². The molecule has 0 aliphatic carbocycles. The maximum atomic E-state index is 13.4. The fourth-order valence-corrected chi connectivity index (χ4v) is 4.82. The van der Waals surface area contributed by atoms with E-state index in [9.17, 15) is 13.2 Å². The van der Waals surface area contributed by atoms with Crippen LogP contribution in [0.4, 0.5) is 5.69 Å². The van der Waals surface area contributed by atoms with Gasteiger partial charge in [-0.15, -0.1) is 0 Å². The lowest BCUT2D eigenvalue weighted by Gasteiger charge is -2.25. The summed E-state index contributed by atoms with van der Waals surface area (Å²) in [5.41, 5.74) is 2.01. The van der Waals surface area contributed by atoms with E-state index in [1.165, 1.54) is 12.1 Å². The van der Waals surface area contributed by atoms with E-state index in [0.717, 1.165) is 15.4 Å². The van der Waals surface area contributed by atoms with Crippen molar-refractivity contribution in [2.75, 3.05) is 17.5 Å². The molecule has 1 amide bonds. The molecule has 0 aliphatic rings. The van der Waals surface area contributed by atoms with Crippen LogP contribution >= 0.6 is 11.6 Å². The van der Waals surface area contributed by atoms with Crippen LogP contribution in [-0.4, -0.2) is 27.5 Å². The second-order valence-corrected chi connectivity index (χ2v) is 9.40. The molecule has 0 saturated heterocycles. The number of halogens is 1. The predicted molar refractivity (Wildman–Crippen MR) is 127 cm³/mol. The molecular formula is C24H25ClN2O4S. The number of amides is 1. The molecule has 1 N–H and O–H groups in total. The highest BCUT2D eigenvalue weighted by Gasteiger charge is 2.28. The summed E-state index contributed by atoms with van der Waals surface area (Å²) in [5, 5.41) is 3.01. The highest BCUT2D eigenvalue weighted by Crippen LogP contribution is 2.30. The van der Waals surface area contributed by atoms with Crippen molar-refractivity contribution in [3.8, 4) is 5.75 Å². The first kappa shape index (κ1) is 23.6. The average Bonchev–Trinajstić information content (AvgIpc) is 2.77. The molecule has 0 heterocycles. The van der Waals surface area contributed by atoms with E-state index < -0.39 is 22.5 Å². The summed E-state index contributed by atoms with van der Waals surface area (Å²) < 4.78 is 33.3. The van der Waals surface area contributed by atoms with Gasteiger partial charge in [0.05, 0.1) is 22.2 Å². The number of sulfonamides is 1. The molecule has 32 heavy (non-hydrogen) atoms. The molecule has 3 rings (SSSR count). The summed E-state index contributed by atoms with van der Waals surface area (Å²) in [7, 11) is -4.02. The van der Waals surface area contributed by atoms with Gasteiger partial charge in [-0.3, -0.25) is 9.10 Å². The number of carbonyl (C=O) groups is 1. The first-order valence-electron chi connectivity index (χ1n) is 10.1. The van der Waals surface area contributed by atoms with E-state index in [4.69, 9.17) is 16.3 Å². The SMILES string of the molecule is CCOc1cccc(CNC(=O)CN(c2ccccc2Cl)S(=O)(=O)c2ccc(C)cc2)c1. The number of hydrogen-bond donors (Lipinski definition) is 1. The van der Waals surface area contributed by atoms with E-state index in [0.29, 0.717) is 12.4 Å². The van der Waals surface area contributed by atoms with Crippen LogP contribution in [0.5, 0.6) is 5.75 Å². The third kappa shape index (κ3) is 5.81. The Hall–Kier alpha value is -3.03. The maximum Gasteiger partial charge on any atom is 0.264 e. The summed E-state index contributed by atoms with van der Waals surface area (Å²) in [6.45, 7) is 4.13. The highest BCUT2D eigenvalue weighted by molar-refractivity contribution is 7.92. The van der Waals surface area contributed by atoms with Gasteiger partial charge in [-0.05, 0) is 55.8 Å². The van der Waals surface area contributed by atoms with Gasteiger partial charge in [0.2, 0.25) is 5.91 Å². The van der Waals surface area contributed by atoms with Crippen molar-refractivity contribution >= 4 is 33.2 Å². The van der Waals surface area contributed by atoms with Crippen molar-refractivity contribution in [1.29, 1.82) is 0 Å². The number of anilines is 1. The number of rotatable bonds is 9. The summed E-state index contributed by atoms with van der Waals surface area (Å²) in [6.07, 6.45) is 0. The molecule has 3 aromatic rings. The number of para-hydroxylation sites is 1. The summed E-state index contributed by atoms with van der Waals surface area (Å²) in [6, 6.07) is 20.4. The van der Waals surface area contributed by atoms with Crippen LogP contribution in [0.25, 0.3) is 0 Å². The number of aryl methyl sites for hydroxylation is 1. The third-order valence-corrected chi connectivity index (χ3v) is 6.81. The Morgan fingerprint density at radius 3 is 2.44 bits per heavy atom. The van der Waals surface area contributed by atoms with Gasteiger partial charge in [-0.2, -0.15) is 0 Å². The second kappa shape index (κ2) is 10.5. The smallest absolute Gasteiger partial charge is 0.264 e. The molecule has 3 aromatic carbocycles. The molecule has 168 valence electrons. The van der Waals surface area contributed by atoms with Crippen LogP contribution < -0.4 is 14.4 Å². The second-order valence-electron chi connectivity index (χ2n) is 7.13. The molecule has 0 fully saturated rings. The minimum atomic E-state index is -4.02. The molecule has 0 bridgehead atoms. The molecule has 0 spiro atoms. The fourth-order valence-electron chi connectivity index (χ4n) is 3.09. The Labute approximate surface area is 193 Å². The van der Waals surface area contributed by atoms with Crippen LogP contribution in [0.1, 0.15) is 18.1 Å². The van der Waals surface area contributed by atoms with Crippen molar-refractivity contribution in [3.05, 3.63) is 88.9 Å². The number of ether oxygens (including phenoxy) is 1. The van der Waals surface area contributed by atoms with Gasteiger partial charge >= 0.3 is 0 Å². The summed E-state index contributed by atoms with van der Waals surface area (Å²) in [4.78, 5) is 12.8. The molecule has 8 heteroatoms. The van der Waals surface area contributed by atoms with Gasteiger partial charge in [0.25, 0.3) is 10.0 Å². The molecule has 0 aromatic heterocycles. The first-order chi connectivity index (χ1) is 15.3. The van der Waals surface area contributed by atoms with Crippen LogP contribution in [0.15, 0.2) is 77.7 Å². The number of nitrogens with one attached hydrogen (secondary N) is 1. The molecular weight excluding hydrogens is 448 g/mol. The van der Waals surface area contributed by atoms with Crippen molar-refractivity contribution in [2.24, 2.45) is 0 Å². The van der Waals surface area contributed by atoms with Crippen molar-refractivity contribution in [2.45, 2.75) is 25.3 Å². The first-order valence-corrected chi connectivity index (χ1v) is 12.0. The van der Waals surface area contributed by atoms with Gasteiger partial charge < -0.3 is 10.1 Å². The zero-order valence-corrected chi connectivity index (χ0v) is 19.5. The highest BCUT2D eigenvalue weighted by atomic mass is 35.5. The van der Waals surface area contributed by atoms with E-state index in [2.05, 4.69) is 5.32 Å². The fraction of sp³-hybridized carbons (Fsp3) is 0.208. The standard InChI is InChI=1S/C24H25ClN2O4S/c1-3-31-20-8-6-7-19(15-20)16-26-24(28)17-27(23-10-5-4-9-22(23)25)32(29,30)21-13-11-18(2)12-14-21/h4-15H,3,16-17H2,1-2H3,(H,26,28). The normalized spacial score (nSPS) is 11.1. The van der Waals surface area contributed by atoms with Crippen molar-refractivity contribution in [3.63, 3.8) is 0 Å². The maximum absolute atomic E-state index is 13.4. The number of nitrogens with zero attached hydrogens (tertiary/aromatic N) is 1. The Morgan fingerprint density at radius 2 is 1.75 bits per heavy atom. The molecule has 0 aliphatic heterocycles. The van der Waals surface area contributed by atoms with Crippen molar-refractivity contribution in [1.82, 2.24) is 5.32 Å². The topological polar surface area (TPSA) is 75.7 Å². The number of carbonyl (C=O) groups excluding carboxylic acids is 1. The zero-order chi connectivity index (χ0) is 23.1. The molecule has 0 saturated carbocycles. The monoisotopic (exact) mass is 472 g/mol. The number of hydrogen-bond acceptors (Lipinski definition) is 4. The Morgan fingerprint density at radius 1 is 1.03 bits per heavy atom. The minimum absolute atomic E-state index is 0.0836. The van der Waals surface area contributed by atoms with Gasteiger partial charge in [0.15, 0.2) is 0 Å². The van der Waals surface area contributed by atoms with E-state index >= 15 is 0 Å². The number of benzene rings is 3. The Balaban J connectivity index is 1.83. The lowest BCUT2D eigenvalue weighted by molar-refractivity contribution is -0.119. The summed E-state index contributed by atoms with van der Waals surface area (Å²) >= 11 is 6.29. The molecule has 0 unspecified atom stereocenters. The van der Waals surface area contributed by atoms with Crippen molar-refractivity contribution < 1.29 is 17.9 Å². The van der Waals surface area contributed by atoms with Gasteiger partial charge in [0, 0.05) is 6.54 Å². The lowest BCUT2D eigenvalue weighted by Crippen LogP contribution is -2.40. The molecule has 6 nitrogen and oxygen atoms in total. The molecule has 0 atom stereocenters. The van der Waals surface area contributed by atoms with Crippen LogP contribution in [0, 0.1) is 6.92 Å². The van der Waals surface area contributed by atoms with E-state index in [1.54, 1.807) is 36.4 Å². The van der Waals surface area contributed by atoms with Gasteiger partial charge in [-0.1, -0.05) is 53.6 Å². The van der Waals surface area contributed by atoms with E-state index in [-0.39, 0.29) is 22.2 Å². The van der Waals surface area contributed by atoms with Gasteiger partial charge in [-0.25, -0.2) is 8.42 Å². The minimum Gasteiger partial charge on any atom is -0.494 e. The van der Waals surface area contributed by atoms with Crippen LogP contribution in [0.3, 0.4) is 0 Å². The van der Waals surface area contributed by atoms with Crippen LogP contribution in [0.2, 0.25) is 5.02 Å². The Kier molecular flexibility index (Phi) is 7.77. The average molecular weight is 473 g/mol. The predicted octanol–water partition coefficient (Wildman–Crippen LogP) is 4.56. The largest absolute Gasteiger partial charge is 0.494 e.